The molecule has 0 amide bonds. The number of sulfonamides is 1. The zero-order chi connectivity index (χ0) is 24.4. The van der Waals surface area contributed by atoms with Crippen molar-refractivity contribution in [2.45, 2.75) is 50.7 Å². The average molecular weight is 497 g/mol. The Morgan fingerprint density at radius 2 is 1.89 bits per heavy atom. The Morgan fingerprint density at radius 3 is 2.66 bits per heavy atom. The number of piperidine rings is 1. The molecule has 1 saturated carbocycles. The van der Waals surface area contributed by atoms with Gasteiger partial charge in [-0.2, -0.15) is 0 Å². The van der Waals surface area contributed by atoms with Gasteiger partial charge >= 0.3 is 0 Å². The van der Waals surface area contributed by atoms with Crippen molar-refractivity contribution in [1.82, 2.24) is 4.98 Å². The number of nitrogens with zero attached hydrogens (tertiary/aromatic N) is 3. The maximum Gasteiger partial charge on any atom is 0.259 e. The number of nitrogens with two attached hydrogens (primary N) is 1. The summed E-state index contributed by atoms with van der Waals surface area (Å²) in [6.45, 7) is 2.21. The zero-order valence-corrected chi connectivity index (χ0v) is 20.7. The van der Waals surface area contributed by atoms with Gasteiger partial charge in [0, 0.05) is 37.2 Å². The van der Waals surface area contributed by atoms with E-state index in [1.165, 1.54) is 25.7 Å². The average Bonchev–Trinajstić information content (AvgIpc) is 3.35. The molecule has 8 nitrogen and oxygen atoms in total. The summed E-state index contributed by atoms with van der Waals surface area (Å²) in [5.74, 6) is 2.29. The van der Waals surface area contributed by atoms with Crippen molar-refractivity contribution in [3.8, 4) is 5.75 Å². The second-order valence-corrected chi connectivity index (χ2v) is 11.6. The second kappa shape index (κ2) is 9.97. The van der Waals surface area contributed by atoms with Crippen molar-refractivity contribution in [3.05, 3.63) is 53.2 Å². The molecule has 35 heavy (non-hydrogen) atoms. The van der Waals surface area contributed by atoms with E-state index in [-0.39, 0.29) is 23.3 Å². The lowest BCUT2D eigenvalue weighted by Crippen LogP contribution is -2.38. The number of hydrogen-bond donors (Lipinski definition) is 1. The lowest BCUT2D eigenvalue weighted by Gasteiger charge is -2.33. The lowest BCUT2D eigenvalue weighted by molar-refractivity contribution is 0.0962. The van der Waals surface area contributed by atoms with Gasteiger partial charge in [-0.15, -0.1) is 4.40 Å². The molecular formula is C26H32N4O4S. The fourth-order valence-electron chi connectivity index (χ4n) is 5.48. The number of anilines is 1. The maximum absolute atomic E-state index is 12.6. The van der Waals surface area contributed by atoms with E-state index in [9.17, 15) is 13.2 Å². The molecule has 0 spiro atoms. The third kappa shape index (κ3) is 5.50. The van der Waals surface area contributed by atoms with Gasteiger partial charge in [0.2, 0.25) is 0 Å². The molecule has 1 aliphatic carbocycles. The van der Waals surface area contributed by atoms with Gasteiger partial charge in [0.25, 0.3) is 10.0 Å². The van der Waals surface area contributed by atoms with Crippen LogP contribution in [0, 0.1) is 11.8 Å². The Morgan fingerprint density at radius 1 is 1.09 bits per heavy atom. The zero-order valence-electron chi connectivity index (χ0n) is 19.9. The van der Waals surface area contributed by atoms with Gasteiger partial charge in [0.15, 0.2) is 5.78 Å². The van der Waals surface area contributed by atoms with E-state index < -0.39 is 10.0 Å². The number of amidine groups is 1. The predicted molar refractivity (Wildman–Crippen MR) is 135 cm³/mol. The van der Waals surface area contributed by atoms with Gasteiger partial charge in [-0.25, -0.2) is 13.4 Å². The number of hydrogen-bond acceptors (Lipinski definition) is 7. The number of fused-ring (bicyclic) bond motifs is 1. The van der Waals surface area contributed by atoms with Crippen molar-refractivity contribution in [2.75, 3.05) is 24.6 Å². The minimum atomic E-state index is -3.58. The van der Waals surface area contributed by atoms with Gasteiger partial charge in [0.1, 0.15) is 17.4 Å². The SMILES string of the molecule is NC1=NS(=O)(=O)Cc2cccc(OC[C@H]3CCCN(c4ccc(C(=O)CC5CCCC5)cn4)C3)c21. The first-order valence-corrected chi connectivity index (χ1v) is 14.1. The molecule has 9 heteroatoms. The highest BCUT2D eigenvalue weighted by atomic mass is 32.2. The first-order chi connectivity index (χ1) is 16.9. The van der Waals surface area contributed by atoms with Crippen LogP contribution < -0.4 is 15.4 Å². The van der Waals surface area contributed by atoms with Crippen LogP contribution in [0.2, 0.25) is 0 Å². The topological polar surface area (TPSA) is 115 Å². The number of rotatable bonds is 7. The summed E-state index contributed by atoms with van der Waals surface area (Å²) in [7, 11) is -3.58. The number of ketones is 1. The molecule has 0 unspecified atom stereocenters. The van der Waals surface area contributed by atoms with E-state index in [2.05, 4.69) is 14.3 Å². The summed E-state index contributed by atoms with van der Waals surface area (Å²) in [6.07, 6.45) is 9.22. The van der Waals surface area contributed by atoms with Crippen LogP contribution in [0.1, 0.15) is 66.4 Å². The molecule has 1 aromatic heterocycles. The molecule has 2 N–H and O–H groups in total. The summed E-state index contributed by atoms with van der Waals surface area (Å²) in [5, 5.41) is 0. The van der Waals surface area contributed by atoms with Crippen molar-refractivity contribution in [3.63, 3.8) is 0 Å². The van der Waals surface area contributed by atoms with Crippen LogP contribution in [0.25, 0.3) is 0 Å². The third-order valence-electron chi connectivity index (χ3n) is 7.28. The molecule has 1 aromatic carbocycles. The molecule has 2 aliphatic heterocycles. The van der Waals surface area contributed by atoms with Gasteiger partial charge < -0.3 is 15.4 Å². The fourth-order valence-corrected chi connectivity index (χ4v) is 6.57. The van der Waals surface area contributed by atoms with E-state index >= 15 is 0 Å². The normalized spacial score (nSPS) is 21.9. The van der Waals surface area contributed by atoms with E-state index in [0.717, 1.165) is 31.7 Å². The van der Waals surface area contributed by atoms with Gasteiger partial charge in [-0.1, -0.05) is 37.8 Å². The van der Waals surface area contributed by atoms with Crippen molar-refractivity contribution in [1.29, 1.82) is 0 Å². The molecule has 5 rings (SSSR count). The van der Waals surface area contributed by atoms with Crippen molar-refractivity contribution < 1.29 is 17.9 Å². The Hall–Kier alpha value is -2.94. The van der Waals surface area contributed by atoms with Crippen LogP contribution in [0.3, 0.4) is 0 Å². The highest BCUT2D eigenvalue weighted by Crippen LogP contribution is 2.31. The number of aromatic nitrogens is 1. The highest BCUT2D eigenvalue weighted by molar-refractivity contribution is 7.89. The van der Waals surface area contributed by atoms with Crippen LogP contribution in [0.4, 0.5) is 5.82 Å². The van der Waals surface area contributed by atoms with Crippen LogP contribution >= 0.6 is 0 Å². The first-order valence-electron chi connectivity index (χ1n) is 12.5. The molecule has 3 aliphatic rings. The van der Waals surface area contributed by atoms with Crippen LogP contribution in [0.15, 0.2) is 40.9 Å². The molecule has 0 bridgehead atoms. The quantitative estimate of drug-likeness (QED) is 0.581. The van der Waals surface area contributed by atoms with Gasteiger partial charge in [-0.05, 0) is 42.5 Å². The van der Waals surface area contributed by atoms with E-state index in [1.807, 2.05) is 18.2 Å². The largest absolute Gasteiger partial charge is 0.492 e. The van der Waals surface area contributed by atoms with Crippen molar-refractivity contribution >= 4 is 27.5 Å². The van der Waals surface area contributed by atoms with Crippen molar-refractivity contribution in [2.24, 2.45) is 22.0 Å². The third-order valence-corrected chi connectivity index (χ3v) is 8.43. The minimum Gasteiger partial charge on any atom is -0.492 e. The first kappa shape index (κ1) is 23.8. The fraction of sp³-hybridized carbons (Fsp3) is 0.500. The summed E-state index contributed by atoms with van der Waals surface area (Å²) < 4.78 is 33.6. The number of benzene rings is 1. The van der Waals surface area contributed by atoms with Gasteiger partial charge in [-0.3, -0.25) is 4.79 Å². The minimum absolute atomic E-state index is 0.0149. The Kier molecular flexibility index (Phi) is 6.77. The number of pyridine rings is 1. The molecule has 1 saturated heterocycles. The number of Topliss-reactive ketones (excluding diaryl/α,β-unsaturated/α-hetero) is 1. The monoisotopic (exact) mass is 496 g/mol. The van der Waals surface area contributed by atoms with Gasteiger partial charge in [0.05, 0.1) is 17.9 Å². The number of carbonyl (C=O) groups is 1. The summed E-state index contributed by atoms with van der Waals surface area (Å²) in [4.78, 5) is 19.4. The molecule has 186 valence electrons. The molecule has 2 fully saturated rings. The second-order valence-electron chi connectivity index (χ2n) is 9.94. The molecule has 1 atom stereocenters. The lowest BCUT2D eigenvalue weighted by atomic mass is 9.97. The standard InChI is InChI=1S/C26H32N4O4S/c27-26-25-21(17-35(32,33)29-26)8-3-9-23(25)34-16-19-7-4-12-30(15-19)24-11-10-20(14-28-24)22(31)13-18-5-1-2-6-18/h3,8-11,14,18-19H,1-2,4-7,12-13,15-17H2,(H2,27,29)/t19-/m0/s1. The predicted octanol–water partition coefficient (Wildman–Crippen LogP) is 3.69. The van der Waals surface area contributed by atoms with Crippen LogP contribution in [-0.2, 0) is 15.8 Å². The van der Waals surface area contributed by atoms with E-state index in [1.54, 1.807) is 18.3 Å². The Labute approximate surface area is 206 Å². The number of carbonyl (C=O) groups excluding carboxylic acids is 1. The Balaban J connectivity index is 1.20. The Bertz CT molecular complexity index is 1220. The smallest absolute Gasteiger partial charge is 0.259 e. The summed E-state index contributed by atoms with van der Waals surface area (Å²) in [5.41, 5.74) is 7.86. The molecular weight excluding hydrogens is 464 g/mol. The van der Waals surface area contributed by atoms with Crippen LogP contribution in [-0.4, -0.2) is 44.7 Å². The molecule has 2 aromatic rings. The molecule has 3 heterocycles. The van der Waals surface area contributed by atoms with E-state index in [0.29, 0.717) is 41.4 Å². The summed E-state index contributed by atoms with van der Waals surface area (Å²) >= 11 is 0. The van der Waals surface area contributed by atoms with Crippen LogP contribution in [0.5, 0.6) is 5.75 Å². The van der Waals surface area contributed by atoms with E-state index in [4.69, 9.17) is 10.5 Å². The molecule has 0 radical (unpaired) electrons. The maximum atomic E-state index is 12.6. The highest BCUT2D eigenvalue weighted by Gasteiger charge is 2.27. The summed E-state index contributed by atoms with van der Waals surface area (Å²) in [6, 6.07) is 9.21. The number of ether oxygens (including phenoxy) is 1.